The summed E-state index contributed by atoms with van der Waals surface area (Å²) in [5, 5.41) is 10.5. The Kier molecular flexibility index (Phi) is 9.89. The van der Waals surface area contributed by atoms with Crippen LogP contribution < -0.4 is 14.2 Å². The number of unbranched alkanes of at least 4 members (excludes halogenated alkanes) is 2. The zero-order valence-electron chi connectivity index (χ0n) is 23.7. The fraction of sp³-hybridized carbons (Fsp3) is 0.655. The quantitative estimate of drug-likeness (QED) is 0.343. The van der Waals surface area contributed by atoms with Crippen molar-refractivity contribution in [1.29, 1.82) is 0 Å². The molecule has 3 amide bonds. The summed E-state index contributed by atoms with van der Waals surface area (Å²) < 4.78 is 16.6. The van der Waals surface area contributed by atoms with Gasteiger partial charge in [-0.3, -0.25) is 29.0 Å². The average molecular weight is 560 g/mol. The van der Waals surface area contributed by atoms with Gasteiger partial charge in [-0.05, 0) is 37.0 Å². The Morgan fingerprint density at radius 2 is 1.75 bits per heavy atom. The molecule has 3 atom stereocenters. The number of carboxylic acids is 1. The molecule has 0 unspecified atom stereocenters. The zero-order valence-corrected chi connectivity index (χ0v) is 23.7. The number of hydrogen-bond acceptors (Lipinski definition) is 8. The Hall–Kier alpha value is -3.34. The molecule has 40 heavy (non-hydrogen) atoms. The fourth-order valence-electron chi connectivity index (χ4n) is 6.02. The van der Waals surface area contributed by atoms with Crippen LogP contribution in [0.5, 0.6) is 17.2 Å². The second-order valence-electron chi connectivity index (χ2n) is 10.7. The molecule has 2 saturated heterocycles. The van der Waals surface area contributed by atoms with Gasteiger partial charge < -0.3 is 24.2 Å². The molecule has 11 heteroatoms. The number of carbonyl (C=O) groups is 4. The van der Waals surface area contributed by atoms with Crippen molar-refractivity contribution in [3.8, 4) is 17.2 Å². The summed E-state index contributed by atoms with van der Waals surface area (Å²) >= 11 is 0. The number of amides is 3. The van der Waals surface area contributed by atoms with Crippen molar-refractivity contribution in [1.82, 2.24) is 14.7 Å². The van der Waals surface area contributed by atoms with E-state index in [1.807, 2.05) is 9.80 Å². The van der Waals surface area contributed by atoms with Gasteiger partial charge in [0, 0.05) is 51.0 Å². The van der Waals surface area contributed by atoms with Crippen LogP contribution in [0.2, 0.25) is 0 Å². The first-order valence-corrected chi connectivity index (χ1v) is 14.3. The Balaban J connectivity index is 1.63. The lowest BCUT2D eigenvalue weighted by molar-refractivity contribution is -0.144. The van der Waals surface area contributed by atoms with Gasteiger partial charge in [-0.15, -0.1) is 0 Å². The topological polar surface area (TPSA) is 126 Å². The number of methoxy groups -OCH3 is 1. The average Bonchev–Trinajstić information content (AvgIpc) is 3.64. The van der Waals surface area contributed by atoms with E-state index in [-0.39, 0.29) is 56.9 Å². The van der Waals surface area contributed by atoms with E-state index in [4.69, 9.17) is 14.2 Å². The van der Waals surface area contributed by atoms with Crippen molar-refractivity contribution < 1.29 is 38.5 Å². The van der Waals surface area contributed by atoms with Gasteiger partial charge in [0.15, 0.2) is 11.5 Å². The lowest BCUT2D eigenvalue weighted by atomic mass is 9.84. The maximum atomic E-state index is 13.6. The zero-order chi connectivity index (χ0) is 28.8. The molecule has 0 aliphatic carbocycles. The van der Waals surface area contributed by atoms with Crippen molar-refractivity contribution in [2.75, 3.05) is 46.6 Å². The van der Waals surface area contributed by atoms with E-state index in [0.29, 0.717) is 36.9 Å². The Morgan fingerprint density at radius 3 is 2.35 bits per heavy atom. The van der Waals surface area contributed by atoms with Crippen LogP contribution in [0.15, 0.2) is 12.1 Å². The largest absolute Gasteiger partial charge is 0.493 e. The number of imide groups is 1. The highest BCUT2D eigenvalue weighted by Crippen LogP contribution is 2.47. The summed E-state index contributed by atoms with van der Waals surface area (Å²) in [5.74, 6) is -1.41. The third kappa shape index (κ3) is 6.35. The van der Waals surface area contributed by atoms with E-state index in [1.54, 1.807) is 12.1 Å². The molecule has 0 bridgehead atoms. The molecular formula is C29H41N3O8. The fourth-order valence-corrected chi connectivity index (χ4v) is 6.02. The normalized spacial score (nSPS) is 22.3. The van der Waals surface area contributed by atoms with E-state index in [2.05, 4.69) is 13.8 Å². The molecule has 4 rings (SSSR count). The van der Waals surface area contributed by atoms with Crippen LogP contribution in [0.4, 0.5) is 0 Å². The number of benzene rings is 1. The maximum absolute atomic E-state index is 13.6. The minimum Gasteiger partial charge on any atom is -0.493 e. The molecule has 3 aliphatic rings. The summed E-state index contributed by atoms with van der Waals surface area (Å²) in [7, 11) is 1.52. The first-order valence-electron chi connectivity index (χ1n) is 14.3. The smallest absolute Gasteiger partial charge is 0.308 e. The molecule has 2 fully saturated rings. The number of hydrogen-bond donors (Lipinski definition) is 1. The van der Waals surface area contributed by atoms with E-state index in [0.717, 1.165) is 31.2 Å². The van der Waals surface area contributed by atoms with E-state index in [1.165, 1.54) is 12.0 Å². The molecule has 0 aromatic heterocycles. The van der Waals surface area contributed by atoms with Crippen LogP contribution in [0, 0.1) is 5.92 Å². The standard InChI is InChI=1S/C29H41N3O8/c1-4-6-11-30(12-7-5-2)26(35)17-31-16-20(19-14-22(38-3)28-23(15-19)39-18-40-28)27(29(36)37)21(31)10-13-32-24(33)8-9-25(32)34/h14-15,20-21,27H,4-13,16-18H2,1-3H3,(H,36,37)/t20-,21+,27-/m1/s1. The van der Waals surface area contributed by atoms with Crippen molar-refractivity contribution in [2.45, 2.75) is 70.8 Å². The minimum atomic E-state index is -0.991. The van der Waals surface area contributed by atoms with Gasteiger partial charge in [-0.1, -0.05) is 26.7 Å². The van der Waals surface area contributed by atoms with E-state index < -0.39 is 23.8 Å². The number of ether oxygens (including phenoxy) is 3. The number of rotatable bonds is 14. The lowest BCUT2D eigenvalue weighted by Gasteiger charge is -2.30. The Bertz CT molecular complexity index is 1080. The van der Waals surface area contributed by atoms with Gasteiger partial charge >= 0.3 is 5.97 Å². The molecule has 1 aromatic rings. The summed E-state index contributed by atoms with van der Waals surface area (Å²) in [4.78, 5) is 56.0. The molecule has 0 saturated carbocycles. The van der Waals surface area contributed by atoms with Crippen LogP contribution in [0.3, 0.4) is 0 Å². The lowest BCUT2D eigenvalue weighted by Crippen LogP contribution is -2.46. The summed E-state index contributed by atoms with van der Waals surface area (Å²) in [5.41, 5.74) is 0.718. The van der Waals surface area contributed by atoms with Crippen LogP contribution in [0.1, 0.15) is 70.3 Å². The third-order valence-corrected chi connectivity index (χ3v) is 8.20. The van der Waals surface area contributed by atoms with E-state index in [9.17, 15) is 24.3 Å². The maximum Gasteiger partial charge on any atom is 0.308 e. The van der Waals surface area contributed by atoms with Crippen LogP contribution in [-0.4, -0.2) is 96.2 Å². The molecule has 1 aromatic carbocycles. The van der Waals surface area contributed by atoms with Gasteiger partial charge in [0.05, 0.1) is 19.6 Å². The molecule has 3 heterocycles. The number of fused-ring (bicyclic) bond motifs is 1. The molecular weight excluding hydrogens is 518 g/mol. The van der Waals surface area contributed by atoms with Crippen molar-refractivity contribution in [3.05, 3.63) is 17.7 Å². The predicted molar refractivity (Wildman–Crippen MR) is 145 cm³/mol. The third-order valence-electron chi connectivity index (χ3n) is 8.20. The second kappa shape index (κ2) is 13.3. The van der Waals surface area contributed by atoms with Gasteiger partial charge in [-0.2, -0.15) is 0 Å². The number of nitrogens with zero attached hydrogens (tertiary/aromatic N) is 3. The molecule has 220 valence electrons. The molecule has 0 radical (unpaired) electrons. The monoisotopic (exact) mass is 559 g/mol. The SMILES string of the molecule is CCCCN(CCCC)C(=O)CN1C[C@H](c2cc(OC)c3c(c2)OCO3)[C@@H](C(=O)O)[C@@H]1CCN1C(=O)CCC1=O. The number of carboxylic acid groups (broad SMARTS) is 1. The minimum absolute atomic E-state index is 0.0340. The number of likely N-dealkylation sites (tertiary alicyclic amines) is 2. The van der Waals surface area contributed by atoms with Gasteiger partial charge in [0.1, 0.15) is 0 Å². The van der Waals surface area contributed by atoms with Gasteiger partial charge in [-0.25, -0.2) is 0 Å². The highest BCUT2D eigenvalue weighted by Gasteiger charge is 2.48. The Morgan fingerprint density at radius 1 is 1.07 bits per heavy atom. The van der Waals surface area contributed by atoms with Crippen molar-refractivity contribution >= 4 is 23.7 Å². The van der Waals surface area contributed by atoms with Gasteiger partial charge in [0.25, 0.3) is 0 Å². The second-order valence-corrected chi connectivity index (χ2v) is 10.7. The van der Waals surface area contributed by atoms with Crippen LogP contribution >= 0.6 is 0 Å². The first kappa shape index (κ1) is 29.6. The van der Waals surface area contributed by atoms with Crippen molar-refractivity contribution in [2.24, 2.45) is 5.92 Å². The predicted octanol–water partition coefficient (Wildman–Crippen LogP) is 2.86. The molecule has 11 nitrogen and oxygen atoms in total. The summed E-state index contributed by atoms with van der Waals surface area (Å²) in [6.45, 7) is 6.07. The van der Waals surface area contributed by atoms with Crippen molar-refractivity contribution in [3.63, 3.8) is 0 Å². The molecule has 3 aliphatic heterocycles. The van der Waals surface area contributed by atoms with Crippen LogP contribution in [0.25, 0.3) is 0 Å². The molecule has 1 N–H and O–H groups in total. The van der Waals surface area contributed by atoms with E-state index >= 15 is 0 Å². The number of aliphatic carboxylic acids is 1. The summed E-state index contributed by atoms with van der Waals surface area (Å²) in [6, 6.07) is 3.01. The molecule has 0 spiro atoms. The van der Waals surface area contributed by atoms with Crippen LogP contribution in [-0.2, 0) is 19.2 Å². The first-order chi connectivity index (χ1) is 19.3. The highest BCUT2D eigenvalue weighted by molar-refractivity contribution is 6.01. The number of carbonyl (C=O) groups excluding carboxylic acids is 3. The highest BCUT2D eigenvalue weighted by atomic mass is 16.7. The summed E-state index contributed by atoms with van der Waals surface area (Å²) in [6.07, 6.45) is 4.36. The van der Waals surface area contributed by atoms with Gasteiger partial charge in [0.2, 0.25) is 30.3 Å². The Labute approximate surface area is 235 Å².